The van der Waals surface area contributed by atoms with Gasteiger partial charge in [0.2, 0.25) is 0 Å². The van der Waals surface area contributed by atoms with Crippen LogP contribution in [0.15, 0.2) is 0 Å². The topological polar surface area (TPSA) is 80.7 Å². The Morgan fingerprint density at radius 2 is 1.19 bits per heavy atom. The summed E-state index contributed by atoms with van der Waals surface area (Å²) in [4.78, 5) is 11.6. The monoisotopic (exact) mass is 401 g/mol. The summed E-state index contributed by atoms with van der Waals surface area (Å²) in [6.07, 6.45) is 15.8. The molecule has 0 aliphatic rings. The Bertz CT molecular complexity index is 412. The first-order chi connectivity index (χ1) is 12.0. The molecular weight excluding hydrogens is 363 g/mol. The summed E-state index contributed by atoms with van der Waals surface area (Å²) in [5.41, 5.74) is 0. The number of aliphatic hydroxyl groups excluding tert-OH is 1. The zero-order valence-electron chi connectivity index (χ0n) is 17.0. The summed E-state index contributed by atoms with van der Waals surface area (Å²) < 4.78 is 27.6. The Balaban J connectivity index is 0. The largest absolute Gasteiger partial charge is 0.396 e. The molecule has 0 atom stereocenters. The third kappa shape index (κ3) is 17.9. The van der Waals surface area contributed by atoms with E-state index in [4.69, 9.17) is 5.11 Å². The third-order valence-electron chi connectivity index (χ3n) is 4.30. The molecule has 0 bridgehead atoms. The van der Waals surface area contributed by atoms with Crippen LogP contribution >= 0.6 is 0 Å². The molecule has 5 nitrogen and oxygen atoms in total. The molecule has 26 heavy (non-hydrogen) atoms. The molecule has 0 saturated heterocycles. The van der Waals surface area contributed by atoms with Crippen molar-refractivity contribution in [3.63, 3.8) is 0 Å². The van der Waals surface area contributed by atoms with Crippen molar-refractivity contribution in [3.8, 4) is 0 Å². The predicted octanol–water partition coefficient (Wildman–Crippen LogP) is 4.34. The molecule has 0 aromatic heterocycles. The predicted molar refractivity (Wildman–Crippen MR) is 108 cm³/mol. The maximum atomic E-state index is 11.6. The molecule has 0 spiro atoms. The average molecular weight is 402 g/mol. The van der Waals surface area contributed by atoms with Crippen LogP contribution in [0, 0.1) is 0 Å². The maximum Gasteiger partial charge on any atom is 0.331 e. The fourth-order valence-corrected chi connectivity index (χ4v) is 3.57. The van der Waals surface area contributed by atoms with Crippen LogP contribution in [-0.2, 0) is 19.1 Å². The van der Waals surface area contributed by atoms with Gasteiger partial charge in [-0.2, -0.15) is 8.42 Å². The van der Waals surface area contributed by atoms with Gasteiger partial charge in [0.25, 0.3) is 5.12 Å². The molecule has 0 fully saturated rings. The average Bonchev–Trinajstić information content (AvgIpc) is 2.59. The van der Waals surface area contributed by atoms with E-state index in [0.29, 0.717) is 6.42 Å². The standard InChI is InChI=1S/C19H38O5S.Na/c1-2-3-4-5-6-7-8-9-10-11-12-13-14-16-19(21)25(22,23)24-18-15-17-20;/h20H,2-18H2,1H3;. The molecule has 0 aliphatic carbocycles. The smallest absolute Gasteiger partial charge is 0.331 e. The first-order valence-corrected chi connectivity index (χ1v) is 11.5. The number of hydrogen-bond acceptors (Lipinski definition) is 5. The molecule has 0 saturated carbocycles. The van der Waals surface area contributed by atoms with E-state index in [1.807, 2.05) is 0 Å². The van der Waals surface area contributed by atoms with Crippen molar-refractivity contribution in [2.24, 2.45) is 0 Å². The molecule has 0 rings (SSSR count). The van der Waals surface area contributed by atoms with E-state index in [1.54, 1.807) is 0 Å². The van der Waals surface area contributed by atoms with Gasteiger partial charge >= 0.3 is 10.1 Å². The van der Waals surface area contributed by atoms with Crippen molar-refractivity contribution in [3.05, 3.63) is 0 Å². The molecule has 1 radical (unpaired) electrons. The summed E-state index contributed by atoms with van der Waals surface area (Å²) in [6, 6.07) is 0. The van der Waals surface area contributed by atoms with Gasteiger partial charge in [-0.15, -0.1) is 0 Å². The van der Waals surface area contributed by atoms with Crippen LogP contribution in [0.5, 0.6) is 0 Å². The second-order valence-electron chi connectivity index (χ2n) is 6.72. The van der Waals surface area contributed by atoms with Gasteiger partial charge < -0.3 is 5.11 Å². The minimum atomic E-state index is -4.10. The second kappa shape index (κ2) is 20.3. The van der Waals surface area contributed by atoms with Crippen molar-refractivity contribution >= 4 is 44.8 Å². The second-order valence-corrected chi connectivity index (χ2v) is 8.32. The Morgan fingerprint density at radius 3 is 1.62 bits per heavy atom. The van der Waals surface area contributed by atoms with Crippen LogP contribution in [0.2, 0.25) is 0 Å². The molecule has 0 heterocycles. The van der Waals surface area contributed by atoms with Gasteiger partial charge in [-0.05, 0) is 12.8 Å². The van der Waals surface area contributed by atoms with Crippen LogP contribution in [0.4, 0.5) is 0 Å². The van der Waals surface area contributed by atoms with Crippen molar-refractivity contribution in [2.45, 2.75) is 103 Å². The number of unbranched alkanes of at least 4 members (excludes halogenated alkanes) is 12. The molecule has 0 unspecified atom stereocenters. The van der Waals surface area contributed by atoms with Crippen molar-refractivity contribution in [2.75, 3.05) is 13.2 Å². The van der Waals surface area contributed by atoms with E-state index >= 15 is 0 Å². The Labute approximate surface area is 183 Å². The summed E-state index contributed by atoms with van der Waals surface area (Å²) in [6.45, 7) is 1.95. The third-order valence-corrected chi connectivity index (χ3v) is 5.54. The van der Waals surface area contributed by atoms with Crippen molar-refractivity contribution < 1.29 is 22.5 Å². The van der Waals surface area contributed by atoms with Gasteiger partial charge in [0.05, 0.1) is 6.61 Å². The number of hydrogen-bond donors (Lipinski definition) is 1. The molecular formula is C19H38NaO5S. The van der Waals surface area contributed by atoms with Crippen LogP contribution in [0.3, 0.4) is 0 Å². The van der Waals surface area contributed by atoms with Crippen molar-refractivity contribution in [1.29, 1.82) is 0 Å². The van der Waals surface area contributed by atoms with Gasteiger partial charge in [-0.1, -0.05) is 84.0 Å². The van der Waals surface area contributed by atoms with Gasteiger partial charge in [-0.3, -0.25) is 8.98 Å². The molecule has 0 aliphatic heterocycles. The molecule has 151 valence electrons. The molecule has 7 heteroatoms. The number of aliphatic hydroxyl groups is 1. The van der Waals surface area contributed by atoms with Crippen LogP contribution in [-0.4, -0.2) is 61.4 Å². The van der Waals surface area contributed by atoms with E-state index in [0.717, 1.165) is 19.3 Å². The number of carbonyl (C=O) groups is 1. The molecule has 0 amide bonds. The molecule has 0 aromatic rings. The quantitative estimate of drug-likeness (QED) is 0.210. The molecule has 1 N–H and O–H groups in total. The summed E-state index contributed by atoms with van der Waals surface area (Å²) >= 11 is 0. The van der Waals surface area contributed by atoms with Gasteiger partial charge in [0, 0.05) is 42.6 Å². The van der Waals surface area contributed by atoms with Gasteiger partial charge in [-0.25, -0.2) is 0 Å². The first kappa shape index (κ1) is 28.7. The van der Waals surface area contributed by atoms with Gasteiger partial charge in [0.1, 0.15) is 0 Å². The first-order valence-electron chi connectivity index (χ1n) is 10.1. The maximum absolute atomic E-state index is 11.6. The Hall–Kier alpha value is 0.540. The molecule has 0 aromatic carbocycles. The summed E-state index contributed by atoms with van der Waals surface area (Å²) in [7, 11) is -4.10. The number of rotatable bonds is 18. The zero-order chi connectivity index (χ0) is 18.8. The van der Waals surface area contributed by atoms with E-state index in [1.165, 1.54) is 57.8 Å². The fraction of sp³-hybridized carbons (Fsp3) is 0.947. The number of carbonyl (C=O) groups excluding carboxylic acids is 1. The van der Waals surface area contributed by atoms with Crippen molar-refractivity contribution in [1.82, 2.24) is 0 Å². The van der Waals surface area contributed by atoms with E-state index < -0.39 is 15.2 Å². The van der Waals surface area contributed by atoms with Crippen LogP contribution in [0.1, 0.15) is 103 Å². The summed E-state index contributed by atoms with van der Waals surface area (Å²) in [5.74, 6) is 0. The Kier molecular flexibility index (Phi) is 22.4. The van der Waals surface area contributed by atoms with Crippen LogP contribution < -0.4 is 0 Å². The summed E-state index contributed by atoms with van der Waals surface area (Å²) in [5, 5.41) is 7.74. The zero-order valence-corrected chi connectivity index (χ0v) is 19.8. The minimum Gasteiger partial charge on any atom is -0.396 e. The SMILES string of the molecule is CCCCCCCCCCCCCCCC(=O)S(=O)(=O)OCCCO.[Na]. The fourth-order valence-electron chi connectivity index (χ4n) is 2.71. The van der Waals surface area contributed by atoms with Gasteiger partial charge in [0.15, 0.2) is 0 Å². The van der Waals surface area contributed by atoms with E-state index in [2.05, 4.69) is 11.1 Å². The Morgan fingerprint density at radius 1 is 0.769 bits per heavy atom. The van der Waals surface area contributed by atoms with Crippen LogP contribution in [0.25, 0.3) is 0 Å². The normalized spacial score (nSPS) is 11.3. The minimum absolute atomic E-state index is 0. The van der Waals surface area contributed by atoms with E-state index in [9.17, 15) is 13.2 Å². The van der Waals surface area contributed by atoms with E-state index in [-0.39, 0.29) is 55.6 Å².